The third-order valence-corrected chi connectivity index (χ3v) is 3.67. The molecule has 0 bridgehead atoms. The van der Waals surface area contributed by atoms with Crippen LogP contribution < -0.4 is 10.5 Å². The van der Waals surface area contributed by atoms with Gasteiger partial charge in [0.05, 0.1) is 19.2 Å². The third kappa shape index (κ3) is 2.18. The first-order chi connectivity index (χ1) is 9.02. The van der Waals surface area contributed by atoms with Crippen LogP contribution in [0.15, 0.2) is 35.8 Å². The van der Waals surface area contributed by atoms with Crippen molar-refractivity contribution in [3.63, 3.8) is 0 Å². The Balaban J connectivity index is 2.50. The van der Waals surface area contributed by atoms with E-state index in [1.807, 2.05) is 18.2 Å². The number of aryl methyl sites for hydroxylation is 1. The van der Waals surface area contributed by atoms with Gasteiger partial charge in [0.25, 0.3) is 0 Å². The standard InChI is InChI=1S/C15H21N3O/c1-5-8-18-14(16)17-10-15(18,3)12-9-11(2)6-7-13(12)19-4/h5-7,9H,1,8,10H2,2-4H3,(H2,16,17). The van der Waals surface area contributed by atoms with Gasteiger partial charge in [-0.15, -0.1) is 6.58 Å². The summed E-state index contributed by atoms with van der Waals surface area (Å²) in [5.74, 6) is 1.43. The van der Waals surface area contributed by atoms with Crippen LogP contribution in [0.4, 0.5) is 0 Å². The predicted molar refractivity (Wildman–Crippen MR) is 78.5 cm³/mol. The average Bonchev–Trinajstić information content (AvgIpc) is 2.69. The van der Waals surface area contributed by atoms with E-state index in [4.69, 9.17) is 10.5 Å². The van der Waals surface area contributed by atoms with Crippen LogP contribution >= 0.6 is 0 Å². The molecule has 1 heterocycles. The summed E-state index contributed by atoms with van der Waals surface area (Å²) in [4.78, 5) is 6.45. The predicted octanol–water partition coefficient (Wildman–Crippen LogP) is 2.04. The van der Waals surface area contributed by atoms with Crippen LogP contribution in [0.25, 0.3) is 0 Å². The Morgan fingerprint density at radius 3 is 2.95 bits per heavy atom. The molecular formula is C15H21N3O. The molecule has 1 aliphatic heterocycles. The van der Waals surface area contributed by atoms with Crippen LogP contribution in [0.2, 0.25) is 0 Å². The summed E-state index contributed by atoms with van der Waals surface area (Å²) in [6.45, 7) is 9.30. The van der Waals surface area contributed by atoms with Gasteiger partial charge >= 0.3 is 0 Å². The fraction of sp³-hybridized carbons (Fsp3) is 0.400. The number of hydrogen-bond donors (Lipinski definition) is 1. The van der Waals surface area contributed by atoms with Crippen molar-refractivity contribution in [3.05, 3.63) is 42.0 Å². The Morgan fingerprint density at radius 1 is 1.58 bits per heavy atom. The first kappa shape index (κ1) is 13.5. The van der Waals surface area contributed by atoms with Gasteiger partial charge in [-0.1, -0.05) is 17.7 Å². The number of rotatable bonds is 4. The number of nitrogens with two attached hydrogens (primary N) is 1. The van der Waals surface area contributed by atoms with E-state index in [-0.39, 0.29) is 5.54 Å². The average molecular weight is 259 g/mol. The summed E-state index contributed by atoms with van der Waals surface area (Å²) in [7, 11) is 1.69. The van der Waals surface area contributed by atoms with Gasteiger partial charge in [-0.05, 0) is 26.0 Å². The SMILES string of the molecule is C=CCN1C(N)=NCC1(C)c1cc(C)ccc1OC. The van der Waals surface area contributed by atoms with Crippen LogP contribution in [0.1, 0.15) is 18.1 Å². The van der Waals surface area contributed by atoms with Gasteiger partial charge in [0.2, 0.25) is 0 Å². The zero-order valence-electron chi connectivity index (χ0n) is 11.8. The summed E-state index contributed by atoms with van der Waals surface area (Å²) < 4.78 is 5.50. The topological polar surface area (TPSA) is 50.8 Å². The van der Waals surface area contributed by atoms with E-state index < -0.39 is 0 Å². The van der Waals surface area contributed by atoms with E-state index in [0.29, 0.717) is 19.0 Å². The zero-order valence-corrected chi connectivity index (χ0v) is 11.8. The van der Waals surface area contributed by atoms with Crippen molar-refractivity contribution in [2.75, 3.05) is 20.2 Å². The quantitative estimate of drug-likeness (QED) is 0.842. The molecule has 0 radical (unpaired) electrons. The minimum atomic E-state index is -0.282. The molecule has 0 amide bonds. The number of ether oxygens (including phenoxy) is 1. The molecule has 0 fully saturated rings. The van der Waals surface area contributed by atoms with Gasteiger partial charge in [-0.3, -0.25) is 4.99 Å². The highest BCUT2D eigenvalue weighted by Crippen LogP contribution is 2.38. The molecule has 2 N–H and O–H groups in total. The maximum atomic E-state index is 5.99. The van der Waals surface area contributed by atoms with Crippen LogP contribution in [0.3, 0.4) is 0 Å². The molecule has 0 saturated carbocycles. The fourth-order valence-electron chi connectivity index (χ4n) is 2.56. The molecule has 102 valence electrons. The molecule has 1 atom stereocenters. The lowest BCUT2D eigenvalue weighted by molar-refractivity contribution is 0.236. The monoisotopic (exact) mass is 259 g/mol. The molecule has 4 nitrogen and oxygen atoms in total. The second kappa shape index (κ2) is 4.96. The molecule has 19 heavy (non-hydrogen) atoms. The molecule has 1 aromatic rings. The summed E-state index contributed by atoms with van der Waals surface area (Å²) in [6, 6.07) is 6.18. The van der Waals surface area contributed by atoms with E-state index in [9.17, 15) is 0 Å². The largest absolute Gasteiger partial charge is 0.496 e. The normalized spacial score (nSPS) is 22.3. The number of methoxy groups -OCH3 is 1. The van der Waals surface area contributed by atoms with Crippen LogP contribution in [-0.4, -0.2) is 31.1 Å². The van der Waals surface area contributed by atoms with Crippen molar-refractivity contribution in [1.29, 1.82) is 0 Å². The van der Waals surface area contributed by atoms with Crippen molar-refractivity contribution >= 4 is 5.96 Å². The van der Waals surface area contributed by atoms with Gasteiger partial charge in [0, 0.05) is 12.1 Å². The minimum absolute atomic E-state index is 0.282. The lowest BCUT2D eigenvalue weighted by atomic mass is 9.89. The molecule has 0 saturated heterocycles. The maximum Gasteiger partial charge on any atom is 0.192 e. The lowest BCUT2D eigenvalue weighted by Crippen LogP contribution is -2.47. The molecule has 0 aromatic heterocycles. The van der Waals surface area contributed by atoms with Crippen molar-refractivity contribution in [2.45, 2.75) is 19.4 Å². The van der Waals surface area contributed by atoms with Gasteiger partial charge in [-0.2, -0.15) is 0 Å². The highest BCUT2D eigenvalue weighted by Gasteiger charge is 2.40. The van der Waals surface area contributed by atoms with Crippen LogP contribution in [0.5, 0.6) is 5.75 Å². The van der Waals surface area contributed by atoms with Crippen molar-refractivity contribution < 1.29 is 4.74 Å². The van der Waals surface area contributed by atoms with Crippen molar-refractivity contribution in [3.8, 4) is 5.75 Å². The lowest BCUT2D eigenvalue weighted by Gasteiger charge is -2.37. The van der Waals surface area contributed by atoms with E-state index in [2.05, 4.69) is 36.4 Å². The number of nitrogens with zero attached hydrogens (tertiary/aromatic N) is 2. The Labute approximate surface area is 114 Å². The molecule has 4 heteroatoms. The summed E-state index contributed by atoms with van der Waals surface area (Å²) in [5.41, 5.74) is 8.02. The van der Waals surface area contributed by atoms with E-state index >= 15 is 0 Å². The summed E-state index contributed by atoms with van der Waals surface area (Å²) in [5, 5.41) is 0. The summed E-state index contributed by atoms with van der Waals surface area (Å²) >= 11 is 0. The first-order valence-corrected chi connectivity index (χ1v) is 6.36. The highest BCUT2D eigenvalue weighted by atomic mass is 16.5. The maximum absolute atomic E-state index is 5.99. The highest BCUT2D eigenvalue weighted by molar-refractivity contribution is 5.81. The number of aliphatic imine (C=N–C) groups is 1. The molecule has 1 aliphatic rings. The van der Waals surface area contributed by atoms with E-state index in [1.54, 1.807) is 7.11 Å². The number of benzene rings is 1. The van der Waals surface area contributed by atoms with E-state index in [0.717, 1.165) is 11.3 Å². The molecule has 0 aliphatic carbocycles. The Kier molecular flexibility index (Phi) is 3.51. The van der Waals surface area contributed by atoms with Gasteiger partial charge < -0.3 is 15.4 Å². The Hall–Kier alpha value is -1.97. The Bertz CT molecular complexity index is 524. The van der Waals surface area contributed by atoms with Crippen LogP contribution in [0, 0.1) is 6.92 Å². The molecule has 1 unspecified atom stereocenters. The number of hydrogen-bond acceptors (Lipinski definition) is 4. The smallest absolute Gasteiger partial charge is 0.192 e. The third-order valence-electron chi connectivity index (χ3n) is 3.67. The van der Waals surface area contributed by atoms with Crippen LogP contribution in [-0.2, 0) is 5.54 Å². The van der Waals surface area contributed by atoms with Crippen molar-refractivity contribution in [2.24, 2.45) is 10.7 Å². The molecule has 0 spiro atoms. The second-order valence-electron chi connectivity index (χ2n) is 5.05. The first-order valence-electron chi connectivity index (χ1n) is 6.36. The fourth-order valence-corrected chi connectivity index (χ4v) is 2.56. The molecular weight excluding hydrogens is 238 g/mol. The van der Waals surface area contributed by atoms with Gasteiger partial charge in [0.1, 0.15) is 5.75 Å². The summed E-state index contributed by atoms with van der Waals surface area (Å²) in [6.07, 6.45) is 1.84. The molecule has 2 rings (SSSR count). The zero-order chi connectivity index (χ0) is 14.0. The Morgan fingerprint density at radius 2 is 2.32 bits per heavy atom. The molecule has 1 aromatic carbocycles. The minimum Gasteiger partial charge on any atom is -0.496 e. The van der Waals surface area contributed by atoms with Crippen molar-refractivity contribution in [1.82, 2.24) is 4.90 Å². The number of guanidine groups is 1. The second-order valence-corrected chi connectivity index (χ2v) is 5.05. The van der Waals surface area contributed by atoms with Gasteiger partial charge in [-0.25, -0.2) is 0 Å². The van der Waals surface area contributed by atoms with E-state index in [1.165, 1.54) is 5.56 Å². The van der Waals surface area contributed by atoms with Gasteiger partial charge in [0.15, 0.2) is 5.96 Å².